The number of amides is 3. The molecule has 0 fully saturated rings. The number of carbonyl (C=O) groups excluding carboxylic acids is 3. The molecule has 0 saturated carbocycles. The maximum Gasteiger partial charge on any atom is 0.408 e. The van der Waals surface area contributed by atoms with E-state index in [1.54, 1.807) is 46.0 Å². The second-order valence-electron chi connectivity index (χ2n) is 10.6. The predicted octanol–water partition coefficient (Wildman–Crippen LogP) is 5.28. The van der Waals surface area contributed by atoms with Crippen molar-refractivity contribution in [2.45, 2.75) is 58.7 Å². The lowest BCUT2D eigenvalue weighted by Gasteiger charge is -2.32. The molecule has 0 aliphatic carbocycles. The van der Waals surface area contributed by atoms with Crippen molar-refractivity contribution in [1.82, 2.24) is 10.2 Å². The van der Waals surface area contributed by atoms with Gasteiger partial charge in [-0.2, -0.15) is 0 Å². The quantitative estimate of drug-likeness (QED) is 0.366. The number of phenolic OH excluding ortho intramolecular Hbond substituents is 1. The summed E-state index contributed by atoms with van der Waals surface area (Å²) >= 11 is 0. The van der Waals surface area contributed by atoms with Gasteiger partial charge in [-0.25, -0.2) is 4.79 Å². The number of benzene rings is 3. The molecule has 0 saturated heterocycles. The zero-order valence-electron chi connectivity index (χ0n) is 23.3. The van der Waals surface area contributed by atoms with Crippen LogP contribution in [0.15, 0.2) is 72.8 Å². The fourth-order valence-electron chi connectivity index (χ4n) is 4.10. The van der Waals surface area contributed by atoms with Gasteiger partial charge in [0, 0.05) is 19.2 Å². The van der Waals surface area contributed by atoms with Gasteiger partial charge in [0.05, 0.1) is 0 Å². The monoisotopic (exact) mass is 531 g/mol. The van der Waals surface area contributed by atoms with Gasteiger partial charge in [-0.05, 0) is 69.5 Å². The highest BCUT2D eigenvalue weighted by molar-refractivity contribution is 5.99. The number of aryl methyl sites for hydroxylation is 2. The van der Waals surface area contributed by atoms with Crippen LogP contribution in [0, 0.1) is 13.8 Å². The maximum atomic E-state index is 13.9. The average Bonchev–Trinajstić information content (AvgIpc) is 2.86. The van der Waals surface area contributed by atoms with E-state index in [-0.39, 0.29) is 18.1 Å². The van der Waals surface area contributed by atoms with Crippen molar-refractivity contribution in [1.29, 1.82) is 0 Å². The molecule has 3 rings (SSSR count). The Morgan fingerprint density at radius 1 is 0.923 bits per heavy atom. The first-order chi connectivity index (χ1) is 18.3. The number of alkyl carbamates (subject to hydrolysis) is 1. The molecule has 8 heteroatoms. The number of nitrogens with one attached hydrogen (secondary N) is 2. The number of phenols is 1. The second kappa shape index (κ2) is 12.5. The van der Waals surface area contributed by atoms with E-state index >= 15 is 0 Å². The molecule has 0 bridgehead atoms. The third kappa shape index (κ3) is 8.33. The molecule has 3 aromatic carbocycles. The summed E-state index contributed by atoms with van der Waals surface area (Å²) in [5.74, 6) is -0.768. The third-order valence-corrected chi connectivity index (χ3v) is 6.14. The van der Waals surface area contributed by atoms with Crippen LogP contribution in [0.2, 0.25) is 0 Å². The summed E-state index contributed by atoms with van der Waals surface area (Å²) in [5.41, 5.74) is 3.13. The summed E-state index contributed by atoms with van der Waals surface area (Å²) in [6.07, 6.45) is -0.618. The molecule has 3 aromatic rings. The van der Waals surface area contributed by atoms with Crippen molar-refractivity contribution in [2.24, 2.45) is 0 Å². The van der Waals surface area contributed by atoms with E-state index in [1.807, 2.05) is 56.3 Å². The smallest absolute Gasteiger partial charge is 0.408 e. The van der Waals surface area contributed by atoms with Gasteiger partial charge in [0.25, 0.3) is 5.91 Å². The summed E-state index contributed by atoms with van der Waals surface area (Å²) in [4.78, 5) is 41.7. The Hall–Kier alpha value is -4.33. The molecule has 0 spiro atoms. The van der Waals surface area contributed by atoms with Gasteiger partial charge < -0.3 is 25.4 Å². The molecule has 8 nitrogen and oxygen atoms in total. The van der Waals surface area contributed by atoms with E-state index in [4.69, 9.17) is 4.74 Å². The Morgan fingerprint density at radius 2 is 1.54 bits per heavy atom. The lowest BCUT2D eigenvalue weighted by molar-refractivity contribution is -0.139. The van der Waals surface area contributed by atoms with Gasteiger partial charge in [-0.15, -0.1) is 0 Å². The number of hydrogen-bond donors (Lipinski definition) is 3. The molecule has 39 heavy (non-hydrogen) atoms. The van der Waals surface area contributed by atoms with Crippen molar-refractivity contribution in [3.63, 3.8) is 0 Å². The first kappa shape index (κ1) is 29.2. The van der Waals surface area contributed by atoms with Crippen LogP contribution in [0.5, 0.6) is 5.75 Å². The van der Waals surface area contributed by atoms with Gasteiger partial charge in [-0.1, -0.05) is 60.2 Å². The lowest BCUT2D eigenvalue weighted by Crippen LogP contribution is -2.52. The number of anilines is 1. The Morgan fingerprint density at radius 3 is 2.13 bits per heavy atom. The normalized spacial score (nSPS) is 12.7. The first-order valence-corrected chi connectivity index (χ1v) is 12.8. The highest BCUT2D eigenvalue weighted by atomic mass is 16.6. The molecule has 0 aliphatic heterocycles. The molecule has 0 heterocycles. The van der Waals surface area contributed by atoms with Gasteiger partial charge >= 0.3 is 6.09 Å². The first-order valence-electron chi connectivity index (χ1n) is 12.8. The topological polar surface area (TPSA) is 108 Å². The van der Waals surface area contributed by atoms with Gasteiger partial charge in [0.15, 0.2) is 0 Å². The van der Waals surface area contributed by atoms with E-state index in [0.717, 1.165) is 11.1 Å². The van der Waals surface area contributed by atoms with Crippen LogP contribution in [0.25, 0.3) is 0 Å². The molecule has 206 valence electrons. The van der Waals surface area contributed by atoms with Crippen molar-refractivity contribution in [3.05, 3.63) is 95.1 Å². The Labute approximate surface area is 230 Å². The van der Waals surface area contributed by atoms with E-state index < -0.39 is 29.7 Å². The summed E-state index contributed by atoms with van der Waals surface area (Å²) in [7, 11) is 1.55. The average molecular weight is 532 g/mol. The standard InChI is InChI=1S/C31H37N3O5/c1-20-11-15-23(16-12-20)27(28(36)32-25-10-8-7-9-21(25)2)34(6)29(37)26(33-30(38)39-31(3,4)5)19-22-13-17-24(35)18-14-22/h7-18,26-27,35H,19H2,1-6H3,(H,32,36)(H,33,38). The Balaban J connectivity index is 1.95. The molecule has 0 aromatic heterocycles. The number of nitrogens with zero attached hydrogens (tertiary/aromatic N) is 1. The SMILES string of the molecule is Cc1ccc(C(C(=O)Nc2ccccc2C)N(C)C(=O)C(Cc2ccc(O)cc2)NC(=O)OC(C)(C)C)cc1. The molecule has 2 unspecified atom stereocenters. The fourth-order valence-corrected chi connectivity index (χ4v) is 4.10. The van der Waals surface area contributed by atoms with Crippen LogP contribution in [0.4, 0.5) is 10.5 Å². The second-order valence-corrected chi connectivity index (χ2v) is 10.6. The fraction of sp³-hybridized carbons (Fsp3) is 0.323. The highest BCUT2D eigenvalue weighted by Crippen LogP contribution is 2.25. The molecular formula is C31H37N3O5. The van der Waals surface area contributed by atoms with Crippen molar-refractivity contribution in [2.75, 3.05) is 12.4 Å². The zero-order valence-corrected chi connectivity index (χ0v) is 23.3. The summed E-state index contributed by atoms with van der Waals surface area (Å²) in [5, 5.41) is 15.3. The minimum atomic E-state index is -1.03. The van der Waals surface area contributed by atoms with E-state index in [0.29, 0.717) is 16.8 Å². The van der Waals surface area contributed by atoms with Crippen LogP contribution in [-0.2, 0) is 20.7 Å². The Bertz CT molecular complexity index is 1300. The van der Waals surface area contributed by atoms with Crippen molar-refractivity contribution in [3.8, 4) is 5.75 Å². The Kier molecular flexibility index (Phi) is 9.35. The number of para-hydroxylation sites is 1. The van der Waals surface area contributed by atoms with Crippen LogP contribution in [-0.4, -0.2) is 46.6 Å². The summed E-state index contributed by atoms with van der Waals surface area (Å²) in [6.45, 7) is 9.04. The van der Waals surface area contributed by atoms with E-state index in [1.165, 1.54) is 17.0 Å². The van der Waals surface area contributed by atoms with Crippen LogP contribution in [0.1, 0.15) is 49.1 Å². The van der Waals surface area contributed by atoms with Crippen LogP contribution in [0.3, 0.4) is 0 Å². The molecule has 3 amide bonds. The number of likely N-dealkylation sites (N-methyl/N-ethyl adjacent to an activating group) is 1. The minimum absolute atomic E-state index is 0.0890. The highest BCUT2D eigenvalue weighted by Gasteiger charge is 2.34. The third-order valence-electron chi connectivity index (χ3n) is 6.14. The number of carbonyl (C=O) groups is 3. The number of rotatable bonds is 8. The molecule has 2 atom stereocenters. The van der Waals surface area contributed by atoms with Gasteiger partial charge in [0.1, 0.15) is 23.4 Å². The number of aromatic hydroxyl groups is 1. The summed E-state index contributed by atoms with van der Waals surface area (Å²) < 4.78 is 5.41. The molecule has 3 N–H and O–H groups in total. The zero-order chi connectivity index (χ0) is 28.7. The predicted molar refractivity (Wildman–Crippen MR) is 151 cm³/mol. The minimum Gasteiger partial charge on any atom is -0.508 e. The van der Waals surface area contributed by atoms with Gasteiger partial charge in [-0.3, -0.25) is 9.59 Å². The largest absolute Gasteiger partial charge is 0.508 e. The summed E-state index contributed by atoms with van der Waals surface area (Å²) in [6, 6.07) is 19.2. The van der Waals surface area contributed by atoms with E-state index in [9.17, 15) is 19.5 Å². The van der Waals surface area contributed by atoms with Gasteiger partial charge in [0.2, 0.25) is 5.91 Å². The van der Waals surface area contributed by atoms with E-state index in [2.05, 4.69) is 10.6 Å². The van der Waals surface area contributed by atoms with Crippen LogP contribution >= 0.6 is 0 Å². The molecule has 0 radical (unpaired) electrons. The number of ether oxygens (including phenoxy) is 1. The number of hydrogen-bond acceptors (Lipinski definition) is 5. The van der Waals surface area contributed by atoms with Crippen molar-refractivity contribution >= 4 is 23.6 Å². The molecular weight excluding hydrogens is 494 g/mol. The maximum absolute atomic E-state index is 13.9. The molecule has 0 aliphatic rings. The lowest BCUT2D eigenvalue weighted by atomic mass is 10.00. The van der Waals surface area contributed by atoms with Crippen molar-refractivity contribution < 1.29 is 24.2 Å². The van der Waals surface area contributed by atoms with Crippen LogP contribution < -0.4 is 10.6 Å².